The molecule has 0 spiro atoms. The minimum absolute atomic E-state index is 0.0287. The Labute approximate surface area is 101 Å². The fourth-order valence-electron chi connectivity index (χ4n) is 0.864. The zero-order valence-corrected chi connectivity index (χ0v) is 9.74. The molecule has 0 atom stereocenters. The number of nitrogens with one attached hydrogen (secondary N) is 2. The smallest absolute Gasteiger partial charge is 0.256 e. The molecule has 0 aliphatic rings. The maximum atomic E-state index is 5.15. The molecule has 0 unspecified atom stereocenters. The van der Waals surface area contributed by atoms with Crippen LogP contribution in [0.4, 0.5) is 0 Å². The molecule has 90 valence electrons. The van der Waals surface area contributed by atoms with Crippen LogP contribution < -0.4 is 33.1 Å². The SMILES string of the molecule is NC(N)=N/[NH+]=C/c1ccc(/C=[NH+]/N=C(N)N)s1. The van der Waals surface area contributed by atoms with Gasteiger partial charge in [-0.2, -0.15) is 0 Å². The zero-order chi connectivity index (χ0) is 12.7. The normalized spacial score (nSPS) is 10.8. The van der Waals surface area contributed by atoms with Crippen molar-refractivity contribution in [1.29, 1.82) is 0 Å². The van der Waals surface area contributed by atoms with E-state index in [2.05, 4.69) is 20.4 Å². The molecule has 0 aliphatic heterocycles. The van der Waals surface area contributed by atoms with Crippen molar-refractivity contribution < 1.29 is 10.2 Å². The number of nitrogens with zero attached hydrogens (tertiary/aromatic N) is 2. The third kappa shape index (κ3) is 5.28. The van der Waals surface area contributed by atoms with Crippen LogP contribution in [0.3, 0.4) is 0 Å². The van der Waals surface area contributed by atoms with E-state index in [0.717, 1.165) is 9.75 Å². The lowest BCUT2D eigenvalue weighted by Gasteiger charge is -1.78. The molecule has 0 fully saturated rings. The first kappa shape index (κ1) is 12.6. The van der Waals surface area contributed by atoms with Crippen molar-refractivity contribution in [2.24, 2.45) is 33.1 Å². The molecule has 0 radical (unpaired) electrons. The van der Waals surface area contributed by atoms with Crippen molar-refractivity contribution in [2.45, 2.75) is 0 Å². The van der Waals surface area contributed by atoms with Gasteiger partial charge in [-0.25, -0.2) is 0 Å². The van der Waals surface area contributed by atoms with E-state index < -0.39 is 0 Å². The number of guanidine groups is 2. The molecule has 8 nitrogen and oxygen atoms in total. The molecule has 1 aromatic rings. The van der Waals surface area contributed by atoms with Crippen LogP contribution in [0, 0.1) is 0 Å². The molecule has 10 N–H and O–H groups in total. The van der Waals surface area contributed by atoms with Crippen LogP contribution in [0.15, 0.2) is 22.3 Å². The van der Waals surface area contributed by atoms with Crippen molar-refractivity contribution in [3.05, 3.63) is 21.9 Å². The Hall–Kier alpha value is -2.42. The lowest BCUT2D eigenvalue weighted by molar-refractivity contribution is -0.456. The van der Waals surface area contributed by atoms with Gasteiger partial charge in [0, 0.05) is 10.2 Å². The monoisotopic (exact) mass is 254 g/mol. The van der Waals surface area contributed by atoms with Gasteiger partial charge in [0.2, 0.25) is 12.4 Å². The van der Waals surface area contributed by atoms with E-state index in [1.807, 2.05) is 12.1 Å². The van der Waals surface area contributed by atoms with E-state index in [-0.39, 0.29) is 11.9 Å². The van der Waals surface area contributed by atoms with E-state index >= 15 is 0 Å². The van der Waals surface area contributed by atoms with Gasteiger partial charge in [-0.3, -0.25) is 0 Å². The minimum Gasteiger partial charge on any atom is -0.365 e. The fourth-order valence-corrected chi connectivity index (χ4v) is 1.63. The standard InChI is InChI=1S/C8H12N8S/c9-7(10)15-13-3-5-1-2-6(17-5)4-14-16-8(11)12/h1-4H,(H4,9,10,15)(H4,11,12,16)/p+2/b13-3+,14-4+. The van der Waals surface area contributed by atoms with Gasteiger partial charge < -0.3 is 22.9 Å². The Kier molecular flexibility index (Phi) is 4.63. The molecule has 17 heavy (non-hydrogen) atoms. The second-order valence-electron chi connectivity index (χ2n) is 2.86. The van der Waals surface area contributed by atoms with Gasteiger partial charge in [0.1, 0.15) is 0 Å². The second kappa shape index (κ2) is 6.23. The summed E-state index contributed by atoms with van der Waals surface area (Å²) < 4.78 is 0. The Morgan fingerprint density at radius 3 is 1.71 bits per heavy atom. The molecule has 1 rings (SSSR count). The van der Waals surface area contributed by atoms with Crippen LogP contribution in [0.25, 0.3) is 0 Å². The highest BCUT2D eigenvalue weighted by Crippen LogP contribution is 2.10. The summed E-state index contributed by atoms with van der Waals surface area (Å²) in [7, 11) is 0. The predicted octanol–water partition coefficient (Wildman–Crippen LogP) is -4.88. The molecule has 9 heteroatoms. The number of hydrazone groups is 2. The molecule has 0 aliphatic carbocycles. The average molecular weight is 254 g/mol. The topological polar surface area (TPSA) is 157 Å². The second-order valence-corrected chi connectivity index (χ2v) is 4.01. The first-order valence-corrected chi connectivity index (χ1v) is 5.34. The average Bonchev–Trinajstić information content (AvgIpc) is 2.65. The van der Waals surface area contributed by atoms with E-state index in [1.165, 1.54) is 11.3 Å². The van der Waals surface area contributed by atoms with Crippen LogP contribution in [-0.2, 0) is 0 Å². The first-order chi connectivity index (χ1) is 8.08. The minimum atomic E-state index is -0.0287. The summed E-state index contributed by atoms with van der Waals surface area (Å²) in [6.45, 7) is 0. The molecule has 0 saturated heterocycles. The third-order valence-electron chi connectivity index (χ3n) is 1.45. The Morgan fingerprint density at radius 2 is 1.35 bits per heavy atom. The van der Waals surface area contributed by atoms with Gasteiger partial charge in [0.05, 0.1) is 9.75 Å². The van der Waals surface area contributed by atoms with E-state index in [1.54, 1.807) is 12.4 Å². The highest BCUT2D eigenvalue weighted by molar-refractivity contribution is 7.15. The van der Waals surface area contributed by atoms with Gasteiger partial charge in [-0.1, -0.05) is 0 Å². The van der Waals surface area contributed by atoms with Crippen molar-refractivity contribution in [3.63, 3.8) is 0 Å². The number of rotatable bonds is 4. The van der Waals surface area contributed by atoms with Gasteiger partial charge in [-0.05, 0) is 12.1 Å². The Morgan fingerprint density at radius 1 is 0.941 bits per heavy atom. The van der Waals surface area contributed by atoms with E-state index in [9.17, 15) is 0 Å². The molecule has 1 heterocycles. The molecule has 0 amide bonds. The van der Waals surface area contributed by atoms with Gasteiger partial charge in [-0.15, -0.1) is 21.5 Å². The summed E-state index contributed by atoms with van der Waals surface area (Å²) in [5.41, 5.74) is 20.6. The van der Waals surface area contributed by atoms with Crippen LogP contribution in [0.1, 0.15) is 9.75 Å². The quantitative estimate of drug-likeness (QED) is 0.181. The lowest BCUT2D eigenvalue weighted by Crippen LogP contribution is -2.63. The first-order valence-electron chi connectivity index (χ1n) is 4.52. The number of nitrogens with two attached hydrogens (primary N) is 4. The van der Waals surface area contributed by atoms with Crippen LogP contribution in [0.5, 0.6) is 0 Å². The van der Waals surface area contributed by atoms with Crippen LogP contribution in [0.2, 0.25) is 0 Å². The summed E-state index contributed by atoms with van der Waals surface area (Å²) in [6.07, 6.45) is 3.34. The van der Waals surface area contributed by atoms with Crippen molar-refractivity contribution in [3.8, 4) is 0 Å². The highest BCUT2D eigenvalue weighted by Gasteiger charge is 2.00. The zero-order valence-electron chi connectivity index (χ0n) is 8.92. The summed E-state index contributed by atoms with van der Waals surface area (Å²) in [5, 5.41) is 12.4. The third-order valence-corrected chi connectivity index (χ3v) is 2.43. The molecule has 0 aromatic carbocycles. The molecule has 0 saturated carbocycles. The van der Waals surface area contributed by atoms with E-state index in [0.29, 0.717) is 0 Å². The summed E-state index contributed by atoms with van der Waals surface area (Å²) in [4.78, 5) is 1.90. The van der Waals surface area contributed by atoms with Crippen molar-refractivity contribution in [1.82, 2.24) is 0 Å². The fraction of sp³-hybridized carbons (Fsp3) is 0. The van der Waals surface area contributed by atoms with Gasteiger partial charge in [0.25, 0.3) is 11.9 Å². The number of thiophene rings is 1. The maximum absolute atomic E-state index is 5.15. The number of hydrogen-bond acceptors (Lipinski definition) is 3. The molecule has 0 bridgehead atoms. The largest absolute Gasteiger partial charge is 0.365 e. The maximum Gasteiger partial charge on any atom is 0.256 e. The van der Waals surface area contributed by atoms with E-state index in [4.69, 9.17) is 22.9 Å². The van der Waals surface area contributed by atoms with Crippen LogP contribution in [-0.4, -0.2) is 24.3 Å². The van der Waals surface area contributed by atoms with Gasteiger partial charge >= 0.3 is 0 Å². The molecular formula is C8H14N8S+2. The molecular weight excluding hydrogens is 240 g/mol. The Bertz CT molecular complexity index is 433. The summed E-state index contributed by atoms with van der Waals surface area (Å²) >= 11 is 1.50. The summed E-state index contributed by atoms with van der Waals surface area (Å²) in [6, 6.07) is 3.78. The van der Waals surface area contributed by atoms with Gasteiger partial charge in [0.15, 0.2) is 0 Å². The predicted molar refractivity (Wildman–Crippen MR) is 68.2 cm³/mol. The molecule has 1 aromatic heterocycles. The highest BCUT2D eigenvalue weighted by atomic mass is 32.1. The number of hydrogen-bond donors (Lipinski definition) is 6. The summed E-state index contributed by atoms with van der Waals surface area (Å²) in [5.74, 6) is -0.0574. The van der Waals surface area contributed by atoms with Crippen molar-refractivity contribution >= 4 is 35.7 Å². The van der Waals surface area contributed by atoms with Crippen LogP contribution >= 0.6 is 11.3 Å². The lowest BCUT2D eigenvalue weighted by atomic mass is 10.4. The Balaban J connectivity index is 2.66. The van der Waals surface area contributed by atoms with Crippen molar-refractivity contribution in [2.75, 3.05) is 0 Å².